The Hall–Kier alpha value is -0.340. The van der Waals surface area contributed by atoms with E-state index in [0.717, 1.165) is 18.8 Å². The van der Waals surface area contributed by atoms with Crippen molar-refractivity contribution in [2.45, 2.75) is 38.6 Å². The number of allylic oxidation sites excluding steroid dienone is 1. The lowest BCUT2D eigenvalue weighted by atomic mass is 10.0. The molecule has 2 unspecified atom stereocenters. The highest BCUT2D eigenvalue weighted by Crippen LogP contribution is 2.64. The number of fused-ring (bicyclic) bond motifs is 1. The zero-order valence-electron chi connectivity index (χ0n) is 7.49. The standard InChI is InChI=1S/C10H16O2/c1-3-10-5-8(10)4-9(6-10)12-7(2)11/h3,7-9,11H,1,4-6H2,2H3/t7?,8-,9?,10-/m0/s1. The second-order valence-electron chi connectivity index (χ2n) is 4.14. The van der Waals surface area contributed by atoms with E-state index in [2.05, 4.69) is 12.7 Å². The van der Waals surface area contributed by atoms with Crippen molar-refractivity contribution in [2.24, 2.45) is 11.3 Å². The van der Waals surface area contributed by atoms with Crippen molar-refractivity contribution < 1.29 is 9.84 Å². The van der Waals surface area contributed by atoms with Gasteiger partial charge in [-0.1, -0.05) is 6.08 Å². The van der Waals surface area contributed by atoms with Crippen LogP contribution in [0.1, 0.15) is 26.2 Å². The summed E-state index contributed by atoms with van der Waals surface area (Å²) in [4.78, 5) is 0. The Bertz CT molecular complexity index is 200. The van der Waals surface area contributed by atoms with Crippen LogP contribution in [-0.4, -0.2) is 17.5 Å². The Kier molecular flexibility index (Phi) is 1.77. The molecule has 2 nitrogen and oxygen atoms in total. The molecule has 0 bridgehead atoms. The van der Waals surface area contributed by atoms with Crippen LogP contribution in [0.15, 0.2) is 12.7 Å². The van der Waals surface area contributed by atoms with Crippen LogP contribution >= 0.6 is 0 Å². The average molecular weight is 168 g/mol. The molecule has 2 heteroatoms. The molecule has 0 aromatic heterocycles. The molecule has 68 valence electrons. The highest BCUT2D eigenvalue weighted by molar-refractivity contribution is 5.18. The maximum atomic E-state index is 9.02. The minimum atomic E-state index is -0.616. The lowest BCUT2D eigenvalue weighted by Gasteiger charge is -2.16. The monoisotopic (exact) mass is 168 g/mol. The summed E-state index contributed by atoms with van der Waals surface area (Å²) in [5, 5.41) is 9.02. The van der Waals surface area contributed by atoms with Crippen molar-refractivity contribution in [1.29, 1.82) is 0 Å². The van der Waals surface area contributed by atoms with Crippen LogP contribution in [-0.2, 0) is 4.74 Å². The van der Waals surface area contributed by atoms with Gasteiger partial charge >= 0.3 is 0 Å². The van der Waals surface area contributed by atoms with Crippen LogP contribution in [0.2, 0.25) is 0 Å². The lowest BCUT2D eigenvalue weighted by molar-refractivity contribution is -0.124. The van der Waals surface area contributed by atoms with Gasteiger partial charge in [-0.3, -0.25) is 0 Å². The number of rotatable bonds is 3. The van der Waals surface area contributed by atoms with E-state index in [9.17, 15) is 0 Å². The number of ether oxygens (including phenoxy) is 1. The molecule has 0 radical (unpaired) electrons. The molecule has 2 fully saturated rings. The molecule has 2 aliphatic carbocycles. The van der Waals surface area contributed by atoms with E-state index in [0.29, 0.717) is 5.41 Å². The Balaban J connectivity index is 1.89. The first kappa shape index (κ1) is 8.27. The van der Waals surface area contributed by atoms with Crippen LogP contribution in [0.5, 0.6) is 0 Å². The van der Waals surface area contributed by atoms with Crippen LogP contribution < -0.4 is 0 Å². The minimum Gasteiger partial charge on any atom is -0.368 e. The quantitative estimate of drug-likeness (QED) is 0.513. The summed E-state index contributed by atoms with van der Waals surface area (Å²) in [5.41, 5.74) is 0.388. The van der Waals surface area contributed by atoms with E-state index in [1.807, 2.05) is 0 Å². The SMILES string of the molecule is C=C[C@]12CC(OC(C)O)C[C@H]1C2. The molecular weight excluding hydrogens is 152 g/mol. The molecule has 1 N–H and O–H groups in total. The highest BCUT2D eigenvalue weighted by Gasteiger charge is 2.58. The van der Waals surface area contributed by atoms with E-state index < -0.39 is 6.29 Å². The third-order valence-corrected chi connectivity index (χ3v) is 3.23. The van der Waals surface area contributed by atoms with Crippen molar-refractivity contribution in [1.82, 2.24) is 0 Å². The molecule has 0 amide bonds. The minimum absolute atomic E-state index is 0.266. The van der Waals surface area contributed by atoms with Crippen LogP contribution in [0.25, 0.3) is 0 Å². The predicted octanol–water partition coefficient (Wildman–Crippen LogP) is 1.70. The van der Waals surface area contributed by atoms with Crippen molar-refractivity contribution in [2.75, 3.05) is 0 Å². The highest BCUT2D eigenvalue weighted by atomic mass is 16.6. The van der Waals surface area contributed by atoms with Gasteiger partial charge in [0, 0.05) is 0 Å². The van der Waals surface area contributed by atoms with Crippen molar-refractivity contribution in [3.8, 4) is 0 Å². The van der Waals surface area contributed by atoms with Gasteiger partial charge < -0.3 is 9.84 Å². The molecule has 0 saturated heterocycles. The summed E-state index contributed by atoms with van der Waals surface area (Å²) >= 11 is 0. The fourth-order valence-electron chi connectivity index (χ4n) is 2.51. The molecule has 0 aliphatic heterocycles. The third kappa shape index (κ3) is 1.19. The zero-order valence-corrected chi connectivity index (χ0v) is 7.49. The van der Waals surface area contributed by atoms with Gasteiger partial charge in [0.05, 0.1) is 6.10 Å². The van der Waals surface area contributed by atoms with Crippen molar-refractivity contribution in [3.63, 3.8) is 0 Å². The van der Waals surface area contributed by atoms with Gasteiger partial charge in [0.1, 0.15) is 0 Å². The first-order valence-corrected chi connectivity index (χ1v) is 4.63. The smallest absolute Gasteiger partial charge is 0.152 e. The van der Waals surface area contributed by atoms with Crippen molar-refractivity contribution >= 4 is 0 Å². The summed E-state index contributed by atoms with van der Waals surface area (Å²) in [5.74, 6) is 0.791. The molecule has 4 atom stereocenters. The first-order valence-electron chi connectivity index (χ1n) is 4.63. The van der Waals surface area contributed by atoms with Gasteiger partial charge in [0.2, 0.25) is 0 Å². The second-order valence-corrected chi connectivity index (χ2v) is 4.14. The maximum Gasteiger partial charge on any atom is 0.152 e. The number of aliphatic hydroxyl groups is 1. The first-order chi connectivity index (χ1) is 5.66. The number of hydrogen-bond donors (Lipinski definition) is 1. The Labute approximate surface area is 73.2 Å². The van der Waals surface area contributed by atoms with Gasteiger partial charge in [-0.05, 0) is 37.5 Å². The van der Waals surface area contributed by atoms with Crippen LogP contribution in [0.3, 0.4) is 0 Å². The molecule has 2 aliphatic rings. The third-order valence-electron chi connectivity index (χ3n) is 3.23. The van der Waals surface area contributed by atoms with Gasteiger partial charge in [0.25, 0.3) is 0 Å². The summed E-state index contributed by atoms with van der Waals surface area (Å²) in [6.45, 7) is 5.52. The van der Waals surface area contributed by atoms with E-state index >= 15 is 0 Å². The van der Waals surface area contributed by atoms with E-state index in [4.69, 9.17) is 9.84 Å². The maximum absolute atomic E-state index is 9.02. The topological polar surface area (TPSA) is 29.5 Å². The fraction of sp³-hybridized carbons (Fsp3) is 0.800. The summed E-state index contributed by atoms with van der Waals surface area (Å²) in [6.07, 6.45) is 5.18. The predicted molar refractivity (Wildman–Crippen MR) is 46.5 cm³/mol. The van der Waals surface area contributed by atoms with Crippen LogP contribution in [0.4, 0.5) is 0 Å². The number of aliphatic hydroxyl groups excluding tert-OH is 1. The van der Waals surface area contributed by atoms with Gasteiger partial charge in [-0.2, -0.15) is 0 Å². The summed E-state index contributed by atoms with van der Waals surface area (Å²) in [7, 11) is 0. The normalized spacial score (nSPS) is 46.8. The lowest BCUT2D eigenvalue weighted by Crippen LogP contribution is -2.18. The Morgan fingerprint density at radius 3 is 2.92 bits per heavy atom. The molecule has 0 spiro atoms. The van der Waals surface area contributed by atoms with Gasteiger partial charge in [-0.25, -0.2) is 0 Å². The largest absolute Gasteiger partial charge is 0.368 e. The fourth-order valence-corrected chi connectivity index (χ4v) is 2.51. The second kappa shape index (κ2) is 2.57. The summed E-state index contributed by atoms with van der Waals surface area (Å²) in [6, 6.07) is 0. The summed E-state index contributed by atoms with van der Waals surface area (Å²) < 4.78 is 5.35. The van der Waals surface area contributed by atoms with Gasteiger partial charge in [-0.15, -0.1) is 6.58 Å². The number of hydrogen-bond acceptors (Lipinski definition) is 2. The Morgan fingerprint density at radius 1 is 1.67 bits per heavy atom. The van der Waals surface area contributed by atoms with Gasteiger partial charge in [0.15, 0.2) is 6.29 Å². The zero-order chi connectivity index (χ0) is 8.77. The molecule has 0 aromatic carbocycles. The van der Waals surface area contributed by atoms with Crippen LogP contribution in [0, 0.1) is 11.3 Å². The van der Waals surface area contributed by atoms with Crippen molar-refractivity contribution in [3.05, 3.63) is 12.7 Å². The molecule has 2 saturated carbocycles. The Morgan fingerprint density at radius 2 is 2.42 bits per heavy atom. The molecule has 0 heterocycles. The van der Waals surface area contributed by atoms with E-state index in [1.54, 1.807) is 6.92 Å². The molecule has 0 aromatic rings. The van der Waals surface area contributed by atoms with E-state index in [1.165, 1.54) is 6.42 Å². The average Bonchev–Trinajstić information content (AvgIpc) is 2.54. The molecule has 2 rings (SSSR count). The molecule has 12 heavy (non-hydrogen) atoms. The van der Waals surface area contributed by atoms with E-state index in [-0.39, 0.29) is 6.10 Å². The molecular formula is C10H16O2.